The van der Waals surface area contributed by atoms with Crippen LogP contribution in [0.3, 0.4) is 0 Å². The minimum absolute atomic E-state index is 0.105. The van der Waals surface area contributed by atoms with E-state index in [1.54, 1.807) is 12.1 Å². The number of rotatable bonds is 9. The van der Waals surface area contributed by atoms with Crippen LogP contribution in [0.25, 0.3) is 0 Å². The molecule has 0 aromatic heterocycles. The van der Waals surface area contributed by atoms with E-state index < -0.39 is 29.8 Å². The Bertz CT molecular complexity index is 948. The molecule has 33 heavy (non-hydrogen) atoms. The second-order valence-corrected chi connectivity index (χ2v) is 7.42. The fourth-order valence-electron chi connectivity index (χ4n) is 3.25. The van der Waals surface area contributed by atoms with Crippen LogP contribution in [-0.2, 0) is 6.18 Å². The number of hydrogen-bond acceptors (Lipinski definition) is 4. The number of halogens is 3. The summed E-state index contributed by atoms with van der Waals surface area (Å²) in [5.41, 5.74) is 0.180. The molecule has 0 saturated carbocycles. The summed E-state index contributed by atoms with van der Waals surface area (Å²) < 4.78 is 50.4. The summed E-state index contributed by atoms with van der Waals surface area (Å²) in [6, 6.07) is 9.57. The molecule has 0 aliphatic rings. The molecule has 9 heteroatoms. The van der Waals surface area contributed by atoms with Gasteiger partial charge in [0.25, 0.3) is 0 Å². The molecule has 1 unspecified atom stereocenters. The van der Waals surface area contributed by atoms with E-state index >= 15 is 0 Å². The van der Waals surface area contributed by atoms with Crippen molar-refractivity contribution >= 4 is 12.2 Å². The van der Waals surface area contributed by atoms with Crippen LogP contribution in [0.5, 0.6) is 11.5 Å². The monoisotopic (exact) mass is 466 g/mol. The highest BCUT2D eigenvalue weighted by Crippen LogP contribution is 2.39. The zero-order valence-corrected chi connectivity index (χ0v) is 18.9. The minimum atomic E-state index is -4.47. The molecule has 2 N–H and O–H groups in total. The number of hydrogen-bond donors (Lipinski definition) is 2. The molecule has 0 aliphatic carbocycles. The molecule has 0 fully saturated rings. The summed E-state index contributed by atoms with van der Waals surface area (Å²) >= 11 is 0. The van der Waals surface area contributed by atoms with Crippen LogP contribution >= 0.6 is 0 Å². The molecule has 180 valence electrons. The predicted molar refractivity (Wildman–Crippen MR) is 119 cm³/mol. The molecular formula is C24H29F3N2O4. The lowest BCUT2D eigenvalue weighted by Gasteiger charge is -2.21. The van der Waals surface area contributed by atoms with Crippen LogP contribution in [0.1, 0.15) is 62.6 Å². The van der Waals surface area contributed by atoms with Crippen LogP contribution in [-0.4, -0.2) is 25.3 Å². The van der Waals surface area contributed by atoms with E-state index in [2.05, 4.69) is 10.6 Å². The lowest BCUT2D eigenvalue weighted by molar-refractivity contribution is -0.137. The van der Waals surface area contributed by atoms with Crippen molar-refractivity contribution in [2.75, 3.05) is 13.1 Å². The molecule has 2 aromatic carbocycles. The van der Waals surface area contributed by atoms with Crippen LogP contribution in [0.4, 0.5) is 22.8 Å². The van der Waals surface area contributed by atoms with Gasteiger partial charge in [0.1, 0.15) is 11.5 Å². The maximum atomic E-state index is 13.2. The standard InChI is InChI=1S/C24H29F3N2O4/c1-4-12-28-22(30)32-18-10-11-20(21(15-18)33-23(31)29-13-5-2)19(6-3)16-8-7-9-17(14-16)24(25,26)27/h7-11,14-15,19H,4-6,12-13H2,1-3H3,(H,28,30)(H,29,31). The van der Waals surface area contributed by atoms with Crippen molar-refractivity contribution in [3.63, 3.8) is 0 Å². The fourth-order valence-corrected chi connectivity index (χ4v) is 3.25. The Morgan fingerprint density at radius 1 is 0.909 bits per heavy atom. The first-order chi connectivity index (χ1) is 15.7. The zero-order valence-electron chi connectivity index (χ0n) is 18.9. The second-order valence-electron chi connectivity index (χ2n) is 7.42. The van der Waals surface area contributed by atoms with Crippen molar-refractivity contribution in [3.8, 4) is 11.5 Å². The quantitative estimate of drug-likeness (QED) is 0.458. The molecule has 0 radical (unpaired) electrons. The summed E-state index contributed by atoms with van der Waals surface area (Å²) in [5, 5.41) is 5.17. The first-order valence-corrected chi connectivity index (χ1v) is 10.9. The summed E-state index contributed by atoms with van der Waals surface area (Å²) in [7, 11) is 0. The summed E-state index contributed by atoms with van der Waals surface area (Å²) in [5.74, 6) is -0.234. The van der Waals surface area contributed by atoms with Gasteiger partial charge >= 0.3 is 18.4 Å². The number of alkyl halides is 3. The highest BCUT2D eigenvalue weighted by molar-refractivity contribution is 5.73. The first-order valence-electron chi connectivity index (χ1n) is 10.9. The molecule has 6 nitrogen and oxygen atoms in total. The predicted octanol–water partition coefficient (Wildman–Crippen LogP) is 6.24. The average Bonchev–Trinajstić information content (AvgIpc) is 2.77. The summed E-state index contributed by atoms with van der Waals surface area (Å²) in [6.45, 7) is 6.45. The van der Waals surface area contributed by atoms with Crippen molar-refractivity contribution in [2.45, 2.75) is 52.1 Å². The Kier molecular flexibility index (Phi) is 9.57. The molecule has 0 aliphatic heterocycles. The Balaban J connectivity index is 2.43. The van der Waals surface area contributed by atoms with Crippen molar-refractivity contribution in [3.05, 3.63) is 59.2 Å². The first kappa shape index (κ1) is 26.0. The minimum Gasteiger partial charge on any atom is -0.410 e. The van der Waals surface area contributed by atoms with Crippen molar-refractivity contribution in [1.82, 2.24) is 10.6 Å². The van der Waals surface area contributed by atoms with Crippen LogP contribution < -0.4 is 20.1 Å². The van der Waals surface area contributed by atoms with Gasteiger partial charge in [-0.3, -0.25) is 0 Å². The smallest absolute Gasteiger partial charge is 0.410 e. The van der Waals surface area contributed by atoms with Crippen LogP contribution in [0.2, 0.25) is 0 Å². The maximum Gasteiger partial charge on any atom is 0.416 e. The fraction of sp³-hybridized carbons (Fsp3) is 0.417. The molecule has 0 spiro atoms. The highest BCUT2D eigenvalue weighted by Gasteiger charge is 2.31. The van der Waals surface area contributed by atoms with Crippen molar-refractivity contribution in [2.24, 2.45) is 0 Å². The summed E-state index contributed by atoms with van der Waals surface area (Å²) in [4.78, 5) is 24.1. The van der Waals surface area contributed by atoms with E-state index in [4.69, 9.17) is 9.47 Å². The van der Waals surface area contributed by atoms with Gasteiger partial charge in [-0.2, -0.15) is 13.2 Å². The van der Waals surface area contributed by atoms with E-state index in [-0.39, 0.29) is 11.5 Å². The van der Waals surface area contributed by atoms with Gasteiger partial charge in [-0.25, -0.2) is 9.59 Å². The van der Waals surface area contributed by atoms with E-state index in [1.807, 2.05) is 20.8 Å². The Labute approximate surface area is 191 Å². The molecule has 1 atom stereocenters. The van der Waals surface area contributed by atoms with Crippen molar-refractivity contribution in [1.29, 1.82) is 0 Å². The summed E-state index contributed by atoms with van der Waals surface area (Å²) in [6.07, 6.45) is -3.96. The molecular weight excluding hydrogens is 437 g/mol. The molecule has 2 rings (SSSR count). The number of carbonyl (C=O) groups is 2. The largest absolute Gasteiger partial charge is 0.416 e. The second kappa shape index (κ2) is 12.1. The number of ether oxygens (including phenoxy) is 2. The van der Waals surface area contributed by atoms with Gasteiger partial charge in [0.15, 0.2) is 0 Å². The van der Waals surface area contributed by atoms with Gasteiger partial charge in [-0.15, -0.1) is 0 Å². The topological polar surface area (TPSA) is 76.7 Å². The lowest BCUT2D eigenvalue weighted by Crippen LogP contribution is -2.28. The van der Waals surface area contributed by atoms with Gasteiger partial charge in [0.05, 0.1) is 5.56 Å². The number of carbonyl (C=O) groups excluding carboxylic acids is 2. The number of nitrogens with one attached hydrogen (secondary N) is 2. The molecule has 0 saturated heterocycles. The Hall–Kier alpha value is -3.23. The van der Waals surface area contributed by atoms with E-state index in [0.29, 0.717) is 37.1 Å². The van der Waals surface area contributed by atoms with Gasteiger partial charge < -0.3 is 20.1 Å². The van der Waals surface area contributed by atoms with E-state index in [0.717, 1.165) is 18.6 Å². The third-order valence-electron chi connectivity index (χ3n) is 4.84. The van der Waals surface area contributed by atoms with Crippen LogP contribution in [0.15, 0.2) is 42.5 Å². The average molecular weight is 467 g/mol. The SMILES string of the molecule is CCCNC(=O)Oc1ccc(C(CC)c2cccc(C(F)(F)F)c2)c(OC(=O)NCCC)c1. The number of benzene rings is 2. The molecule has 0 bridgehead atoms. The van der Waals surface area contributed by atoms with Gasteiger partial charge in [0.2, 0.25) is 0 Å². The molecule has 2 amide bonds. The zero-order chi connectivity index (χ0) is 24.4. The van der Waals surface area contributed by atoms with Gasteiger partial charge in [0, 0.05) is 30.6 Å². The number of amides is 2. The molecule has 0 heterocycles. The maximum absolute atomic E-state index is 13.2. The van der Waals surface area contributed by atoms with Crippen molar-refractivity contribution < 1.29 is 32.2 Å². The molecule has 2 aromatic rings. The van der Waals surface area contributed by atoms with Gasteiger partial charge in [-0.1, -0.05) is 45.0 Å². The lowest BCUT2D eigenvalue weighted by atomic mass is 9.87. The van der Waals surface area contributed by atoms with Crippen LogP contribution in [0, 0.1) is 0 Å². The Morgan fingerprint density at radius 3 is 2.12 bits per heavy atom. The third kappa shape index (κ3) is 7.69. The Morgan fingerprint density at radius 2 is 1.55 bits per heavy atom. The normalized spacial score (nSPS) is 12.1. The third-order valence-corrected chi connectivity index (χ3v) is 4.84. The highest BCUT2D eigenvalue weighted by atomic mass is 19.4. The van der Waals surface area contributed by atoms with Gasteiger partial charge in [-0.05, 0) is 37.0 Å². The van der Waals surface area contributed by atoms with E-state index in [1.165, 1.54) is 18.2 Å². The van der Waals surface area contributed by atoms with E-state index in [9.17, 15) is 22.8 Å².